The van der Waals surface area contributed by atoms with Crippen LogP contribution in [-0.4, -0.2) is 63.6 Å². The van der Waals surface area contributed by atoms with Crippen LogP contribution in [-0.2, 0) is 13.1 Å². The van der Waals surface area contributed by atoms with Crippen molar-refractivity contribution in [3.63, 3.8) is 0 Å². The normalized spacial score (nSPS) is 18.7. The molecule has 154 valence electrons. The molecule has 2 heterocycles. The Kier molecular flexibility index (Phi) is 7.48. The maximum Gasteiger partial charge on any atom is 0.119 e. The molecule has 0 radical (unpaired) electrons. The van der Waals surface area contributed by atoms with Crippen LogP contribution >= 0.6 is 0 Å². The molecule has 2 aromatic rings. The van der Waals surface area contributed by atoms with Gasteiger partial charge in [0.2, 0.25) is 0 Å². The van der Waals surface area contributed by atoms with Gasteiger partial charge in [-0.3, -0.25) is 14.5 Å². The Labute approximate surface area is 168 Å². The SMILES string of the molecule is CCOc1ccc(CN2CCN(Cc3cnn(C(C)C)c3)C[C@@H]2CCO)cc1. The van der Waals surface area contributed by atoms with Crippen molar-refractivity contribution >= 4 is 0 Å². The molecule has 1 atom stereocenters. The third kappa shape index (κ3) is 5.56. The molecule has 6 nitrogen and oxygen atoms in total. The fourth-order valence-electron chi connectivity index (χ4n) is 3.82. The standard InChI is InChI=1S/C22H34N4O2/c1-4-28-22-7-5-19(6-8-22)15-25-11-10-24(17-21(25)9-12-27)14-20-13-23-26(16-20)18(2)3/h5-8,13,16,18,21,27H,4,9-12,14-15,17H2,1-3H3/t21-/m0/s1. The molecule has 1 aromatic heterocycles. The van der Waals surface area contributed by atoms with Gasteiger partial charge in [0, 0.05) is 63.2 Å². The highest BCUT2D eigenvalue weighted by Crippen LogP contribution is 2.20. The zero-order valence-electron chi connectivity index (χ0n) is 17.4. The summed E-state index contributed by atoms with van der Waals surface area (Å²) in [6, 6.07) is 9.14. The summed E-state index contributed by atoms with van der Waals surface area (Å²) in [6.07, 6.45) is 4.93. The van der Waals surface area contributed by atoms with Crippen LogP contribution in [0.4, 0.5) is 0 Å². The third-order valence-electron chi connectivity index (χ3n) is 5.36. The largest absolute Gasteiger partial charge is 0.494 e. The second-order valence-corrected chi connectivity index (χ2v) is 7.87. The van der Waals surface area contributed by atoms with E-state index in [1.165, 1.54) is 11.1 Å². The minimum atomic E-state index is 0.226. The lowest BCUT2D eigenvalue weighted by molar-refractivity contribution is 0.0499. The maximum atomic E-state index is 9.56. The maximum absolute atomic E-state index is 9.56. The average molecular weight is 387 g/mol. The van der Waals surface area contributed by atoms with Gasteiger partial charge in [-0.25, -0.2) is 0 Å². The van der Waals surface area contributed by atoms with Crippen LogP contribution in [0.25, 0.3) is 0 Å². The molecule has 1 fully saturated rings. The first kappa shape index (κ1) is 20.8. The van der Waals surface area contributed by atoms with Crippen LogP contribution in [0.5, 0.6) is 5.75 Å². The second-order valence-electron chi connectivity index (χ2n) is 7.87. The van der Waals surface area contributed by atoms with Crippen LogP contribution in [0.15, 0.2) is 36.7 Å². The van der Waals surface area contributed by atoms with Gasteiger partial charge in [0.15, 0.2) is 0 Å². The van der Waals surface area contributed by atoms with Crippen LogP contribution in [0, 0.1) is 0 Å². The molecule has 1 aromatic carbocycles. The molecule has 0 bridgehead atoms. The van der Waals surface area contributed by atoms with Gasteiger partial charge in [-0.15, -0.1) is 0 Å². The fraction of sp³-hybridized carbons (Fsp3) is 0.591. The summed E-state index contributed by atoms with van der Waals surface area (Å²) in [7, 11) is 0. The van der Waals surface area contributed by atoms with E-state index in [0.717, 1.165) is 44.9 Å². The van der Waals surface area contributed by atoms with Crippen LogP contribution in [0.3, 0.4) is 0 Å². The Balaban J connectivity index is 1.58. The van der Waals surface area contributed by atoms with Crippen LogP contribution < -0.4 is 4.74 Å². The highest BCUT2D eigenvalue weighted by atomic mass is 16.5. The van der Waals surface area contributed by atoms with Gasteiger partial charge in [0.05, 0.1) is 12.8 Å². The Morgan fingerprint density at radius 3 is 2.57 bits per heavy atom. The summed E-state index contributed by atoms with van der Waals surface area (Å²) in [6.45, 7) is 12.1. The molecule has 1 aliphatic heterocycles. The summed E-state index contributed by atoms with van der Waals surface area (Å²) in [5.74, 6) is 0.921. The van der Waals surface area contributed by atoms with Crippen molar-refractivity contribution < 1.29 is 9.84 Å². The highest BCUT2D eigenvalue weighted by molar-refractivity contribution is 5.27. The summed E-state index contributed by atoms with van der Waals surface area (Å²) in [5.41, 5.74) is 2.55. The van der Waals surface area contributed by atoms with Gasteiger partial charge >= 0.3 is 0 Å². The van der Waals surface area contributed by atoms with Crippen molar-refractivity contribution in [2.45, 2.75) is 52.4 Å². The monoisotopic (exact) mass is 386 g/mol. The van der Waals surface area contributed by atoms with E-state index < -0.39 is 0 Å². The molecule has 1 saturated heterocycles. The molecule has 0 aliphatic carbocycles. The molecule has 28 heavy (non-hydrogen) atoms. The van der Waals surface area contributed by atoms with Crippen molar-refractivity contribution in [3.05, 3.63) is 47.8 Å². The van der Waals surface area contributed by atoms with Crippen molar-refractivity contribution in [3.8, 4) is 5.75 Å². The fourth-order valence-corrected chi connectivity index (χ4v) is 3.82. The molecule has 0 saturated carbocycles. The molecule has 0 amide bonds. The van der Waals surface area contributed by atoms with E-state index in [4.69, 9.17) is 4.74 Å². The van der Waals surface area contributed by atoms with E-state index in [-0.39, 0.29) is 6.61 Å². The molecular formula is C22H34N4O2. The number of nitrogens with zero attached hydrogens (tertiary/aromatic N) is 4. The zero-order valence-corrected chi connectivity index (χ0v) is 17.4. The number of ether oxygens (including phenoxy) is 1. The van der Waals surface area contributed by atoms with E-state index in [1.54, 1.807) is 0 Å². The molecule has 1 N–H and O–H groups in total. The van der Waals surface area contributed by atoms with E-state index in [2.05, 4.69) is 47.1 Å². The lowest BCUT2D eigenvalue weighted by Crippen LogP contribution is -2.52. The van der Waals surface area contributed by atoms with Crippen molar-refractivity contribution in [1.82, 2.24) is 19.6 Å². The molecule has 3 rings (SSSR count). The Hall–Kier alpha value is -1.89. The minimum absolute atomic E-state index is 0.226. The summed E-state index contributed by atoms with van der Waals surface area (Å²) in [5, 5.41) is 14.0. The quantitative estimate of drug-likeness (QED) is 0.718. The number of aliphatic hydroxyl groups is 1. The van der Waals surface area contributed by atoms with Gasteiger partial charge < -0.3 is 9.84 Å². The van der Waals surface area contributed by atoms with E-state index in [9.17, 15) is 5.11 Å². The Morgan fingerprint density at radius 1 is 1.14 bits per heavy atom. The number of aromatic nitrogens is 2. The molecule has 0 unspecified atom stereocenters. The smallest absolute Gasteiger partial charge is 0.119 e. The summed E-state index contributed by atoms with van der Waals surface area (Å²) < 4.78 is 7.55. The van der Waals surface area contributed by atoms with Gasteiger partial charge in [0.25, 0.3) is 0 Å². The van der Waals surface area contributed by atoms with Crippen molar-refractivity contribution in [1.29, 1.82) is 0 Å². The highest BCUT2D eigenvalue weighted by Gasteiger charge is 2.27. The van der Waals surface area contributed by atoms with Gasteiger partial charge in [-0.1, -0.05) is 12.1 Å². The second kappa shape index (κ2) is 10.0. The lowest BCUT2D eigenvalue weighted by atomic mass is 10.1. The first-order valence-corrected chi connectivity index (χ1v) is 10.4. The van der Waals surface area contributed by atoms with Gasteiger partial charge in [-0.05, 0) is 44.9 Å². The number of piperazine rings is 1. The van der Waals surface area contributed by atoms with Crippen LogP contribution in [0.1, 0.15) is 44.4 Å². The third-order valence-corrected chi connectivity index (χ3v) is 5.36. The first-order valence-electron chi connectivity index (χ1n) is 10.4. The van der Waals surface area contributed by atoms with E-state index in [0.29, 0.717) is 18.7 Å². The Morgan fingerprint density at radius 2 is 1.93 bits per heavy atom. The summed E-state index contributed by atoms with van der Waals surface area (Å²) >= 11 is 0. The minimum Gasteiger partial charge on any atom is -0.494 e. The van der Waals surface area contributed by atoms with Gasteiger partial charge in [-0.2, -0.15) is 5.10 Å². The molecule has 6 heteroatoms. The Bertz CT molecular complexity index is 714. The van der Waals surface area contributed by atoms with Crippen molar-refractivity contribution in [2.75, 3.05) is 32.8 Å². The number of hydrogen-bond acceptors (Lipinski definition) is 5. The number of aliphatic hydroxyl groups excluding tert-OH is 1. The zero-order chi connectivity index (χ0) is 19.9. The van der Waals surface area contributed by atoms with Crippen LogP contribution in [0.2, 0.25) is 0 Å². The van der Waals surface area contributed by atoms with E-state index >= 15 is 0 Å². The van der Waals surface area contributed by atoms with E-state index in [1.807, 2.05) is 29.9 Å². The number of rotatable bonds is 9. The van der Waals surface area contributed by atoms with Gasteiger partial charge in [0.1, 0.15) is 5.75 Å². The predicted molar refractivity (Wildman–Crippen MR) is 111 cm³/mol. The average Bonchev–Trinajstić information content (AvgIpc) is 3.15. The predicted octanol–water partition coefficient (Wildman–Crippen LogP) is 2.93. The first-order chi connectivity index (χ1) is 13.6. The molecular weight excluding hydrogens is 352 g/mol. The lowest BCUT2D eigenvalue weighted by Gasteiger charge is -2.41. The topological polar surface area (TPSA) is 53.8 Å². The molecule has 1 aliphatic rings. The van der Waals surface area contributed by atoms with Crippen molar-refractivity contribution in [2.24, 2.45) is 0 Å². The number of benzene rings is 1. The number of hydrogen-bond donors (Lipinski definition) is 1. The molecule has 0 spiro atoms. The summed E-state index contributed by atoms with van der Waals surface area (Å²) in [4.78, 5) is 4.98.